The Hall–Kier alpha value is -0.610. The number of methoxy groups -OCH3 is 1. The first kappa shape index (κ1) is 14.8. The molecule has 0 spiro atoms. The molecule has 1 saturated carbocycles. The van der Waals surface area contributed by atoms with Gasteiger partial charge in [-0.25, -0.2) is 0 Å². The van der Waals surface area contributed by atoms with E-state index in [1.165, 1.54) is 32.8 Å². The Morgan fingerprint density at radius 2 is 2.00 bits per heavy atom. The monoisotopic (exact) mass is 269 g/mol. The van der Waals surface area contributed by atoms with Gasteiger partial charge in [-0.3, -0.25) is 4.79 Å². The van der Waals surface area contributed by atoms with Gasteiger partial charge >= 0.3 is 5.97 Å². The molecule has 2 rings (SSSR count). The van der Waals surface area contributed by atoms with E-state index in [4.69, 9.17) is 9.47 Å². The van der Waals surface area contributed by atoms with Gasteiger partial charge in [0.2, 0.25) is 0 Å². The minimum atomic E-state index is -0.444. The van der Waals surface area contributed by atoms with E-state index in [-0.39, 0.29) is 5.97 Å². The van der Waals surface area contributed by atoms with Crippen molar-refractivity contribution in [1.82, 2.24) is 5.32 Å². The summed E-state index contributed by atoms with van der Waals surface area (Å²) < 4.78 is 10.1. The van der Waals surface area contributed by atoms with Crippen LogP contribution in [0.2, 0.25) is 0 Å². The summed E-state index contributed by atoms with van der Waals surface area (Å²) in [6.07, 6.45) is 5.43. The highest BCUT2D eigenvalue weighted by atomic mass is 16.5. The molecule has 1 N–H and O–H groups in total. The number of hydrogen-bond acceptors (Lipinski definition) is 4. The Kier molecular flexibility index (Phi) is 4.51. The van der Waals surface area contributed by atoms with Crippen LogP contribution >= 0.6 is 0 Å². The van der Waals surface area contributed by atoms with Crippen LogP contribution in [0.4, 0.5) is 0 Å². The van der Waals surface area contributed by atoms with Gasteiger partial charge < -0.3 is 14.8 Å². The Labute approximate surface area is 116 Å². The third-order valence-electron chi connectivity index (χ3n) is 4.88. The van der Waals surface area contributed by atoms with E-state index in [2.05, 4.69) is 19.2 Å². The first-order chi connectivity index (χ1) is 9.00. The highest BCUT2D eigenvalue weighted by molar-refractivity contribution is 5.78. The maximum atomic E-state index is 11.8. The lowest BCUT2D eigenvalue weighted by molar-refractivity contribution is -0.182. The van der Waals surface area contributed by atoms with Crippen molar-refractivity contribution in [3.8, 4) is 0 Å². The fourth-order valence-electron chi connectivity index (χ4n) is 3.33. The second-order valence-electron chi connectivity index (χ2n) is 6.84. The molecule has 1 aliphatic carbocycles. The van der Waals surface area contributed by atoms with Crippen LogP contribution in [0.3, 0.4) is 0 Å². The van der Waals surface area contributed by atoms with Crippen LogP contribution in [0.1, 0.15) is 39.5 Å². The van der Waals surface area contributed by atoms with Crippen molar-refractivity contribution < 1.29 is 14.3 Å². The molecule has 0 bridgehead atoms. The first-order valence-electron chi connectivity index (χ1n) is 7.37. The summed E-state index contributed by atoms with van der Waals surface area (Å²) in [6.45, 7) is 7.25. The van der Waals surface area contributed by atoms with E-state index in [9.17, 15) is 4.79 Å². The maximum absolute atomic E-state index is 11.8. The predicted molar refractivity (Wildman–Crippen MR) is 73.9 cm³/mol. The molecule has 0 amide bonds. The lowest BCUT2D eigenvalue weighted by Crippen LogP contribution is -2.56. The number of hydrogen-bond donors (Lipinski definition) is 1. The molecular formula is C15H27NO3. The lowest BCUT2D eigenvalue weighted by atomic mass is 9.77. The summed E-state index contributed by atoms with van der Waals surface area (Å²) in [5, 5.41) is 3.48. The van der Waals surface area contributed by atoms with Gasteiger partial charge in [0, 0.05) is 13.1 Å². The third-order valence-corrected chi connectivity index (χ3v) is 4.88. The molecule has 0 atom stereocenters. The molecule has 2 aliphatic rings. The molecule has 0 aromatic heterocycles. The summed E-state index contributed by atoms with van der Waals surface area (Å²) in [6, 6.07) is 0. The maximum Gasteiger partial charge on any atom is 0.317 e. The second kappa shape index (κ2) is 5.80. The van der Waals surface area contributed by atoms with Gasteiger partial charge in [-0.15, -0.1) is 0 Å². The Morgan fingerprint density at radius 1 is 1.37 bits per heavy atom. The van der Waals surface area contributed by atoms with Crippen molar-refractivity contribution in [2.45, 2.75) is 39.5 Å². The van der Waals surface area contributed by atoms with E-state index in [1.807, 2.05) is 0 Å². The minimum absolute atomic E-state index is 0.148. The zero-order chi connectivity index (χ0) is 13.9. The van der Waals surface area contributed by atoms with Crippen molar-refractivity contribution in [3.63, 3.8) is 0 Å². The molecule has 1 aliphatic heterocycles. The van der Waals surface area contributed by atoms with Crippen LogP contribution in [0.15, 0.2) is 0 Å². The molecular weight excluding hydrogens is 242 g/mol. The van der Waals surface area contributed by atoms with E-state index in [0.717, 1.165) is 12.5 Å². The zero-order valence-corrected chi connectivity index (χ0v) is 12.5. The predicted octanol–water partition coefficient (Wildman–Crippen LogP) is 1.98. The highest BCUT2D eigenvalue weighted by Crippen LogP contribution is 2.39. The van der Waals surface area contributed by atoms with Crippen LogP contribution in [0.5, 0.6) is 0 Å². The lowest BCUT2D eigenvalue weighted by Gasteiger charge is -2.40. The molecule has 0 radical (unpaired) electrons. The second-order valence-corrected chi connectivity index (χ2v) is 6.84. The van der Waals surface area contributed by atoms with Gasteiger partial charge in [-0.2, -0.15) is 0 Å². The van der Waals surface area contributed by atoms with Crippen LogP contribution in [0, 0.1) is 16.7 Å². The van der Waals surface area contributed by atoms with Crippen molar-refractivity contribution in [2.75, 3.05) is 33.4 Å². The van der Waals surface area contributed by atoms with Gasteiger partial charge in [0.15, 0.2) is 0 Å². The summed E-state index contributed by atoms with van der Waals surface area (Å²) in [7, 11) is 1.45. The number of carbonyl (C=O) groups is 1. The largest absolute Gasteiger partial charge is 0.468 e. The van der Waals surface area contributed by atoms with Crippen LogP contribution in [-0.2, 0) is 14.3 Å². The Balaban J connectivity index is 1.80. The SMILES string of the molecule is COC(=O)C1(CNCC(C)(C)C2CCCC2)COC1. The average Bonchev–Trinajstić information content (AvgIpc) is 2.86. The van der Waals surface area contributed by atoms with Crippen LogP contribution in [-0.4, -0.2) is 39.4 Å². The van der Waals surface area contributed by atoms with Gasteiger partial charge in [0.25, 0.3) is 0 Å². The summed E-state index contributed by atoms with van der Waals surface area (Å²) in [4.78, 5) is 11.8. The summed E-state index contributed by atoms with van der Waals surface area (Å²) in [5.41, 5.74) is -0.140. The standard InChI is InChI=1S/C15H27NO3/c1-14(2,12-6-4-5-7-12)8-16-9-15(10-19-11-15)13(17)18-3/h12,16H,4-11H2,1-3H3. The highest BCUT2D eigenvalue weighted by Gasteiger charge is 2.47. The van der Waals surface area contributed by atoms with Gasteiger partial charge in [0.05, 0.1) is 20.3 Å². The normalized spacial score (nSPS) is 23.1. The summed E-state index contributed by atoms with van der Waals surface area (Å²) in [5.74, 6) is 0.664. The molecule has 4 nitrogen and oxygen atoms in total. The Morgan fingerprint density at radius 3 is 2.47 bits per heavy atom. The summed E-state index contributed by atoms with van der Waals surface area (Å²) >= 11 is 0. The fraction of sp³-hybridized carbons (Fsp3) is 0.933. The average molecular weight is 269 g/mol. The molecule has 1 saturated heterocycles. The molecule has 4 heteroatoms. The van der Waals surface area contributed by atoms with Crippen molar-refractivity contribution in [2.24, 2.45) is 16.7 Å². The quantitative estimate of drug-likeness (QED) is 0.749. The van der Waals surface area contributed by atoms with E-state index < -0.39 is 5.41 Å². The van der Waals surface area contributed by atoms with Crippen LogP contribution < -0.4 is 5.32 Å². The molecule has 19 heavy (non-hydrogen) atoms. The number of esters is 1. The van der Waals surface area contributed by atoms with Gasteiger partial charge in [0.1, 0.15) is 5.41 Å². The molecule has 1 heterocycles. The van der Waals surface area contributed by atoms with E-state index in [0.29, 0.717) is 25.2 Å². The van der Waals surface area contributed by atoms with E-state index >= 15 is 0 Å². The topological polar surface area (TPSA) is 47.6 Å². The molecule has 2 fully saturated rings. The molecule has 110 valence electrons. The molecule has 0 aromatic rings. The van der Waals surface area contributed by atoms with Crippen molar-refractivity contribution in [1.29, 1.82) is 0 Å². The van der Waals surface area contributed by atoms with Gasteiger partial charge in [-0.1, -0.05) is 26.7 Å². The molecule has 0 unspecified atom stereocenters. The van der Waals surface area contributed by atoms with Crippen LogP contribution in [0.25, 0.3) is 0 Å². The number of carbonyl (C=O) groups excluding carboxylic acids is 1. The number of ether oxygens (including phenoxy) is 2. The minimum Gasteiger partial charge on any atom is -0.468 e. The number of rotatable bonds is 6. The van der Waals surface area contributed by atoms with E-state index in [1.54, 1.807) is 0 Å². The smallest absolute Gasteiger partial charge is 0.317 e. The Bertz CT molecular complexity index is 317. The fourth-order valence-corrected chi connectivity index (χ4v) is 3.33. The molecule has 0 aromatic carbocycles. The van der Waals surface area contributed by atoms with Crippen molar-refractivity contribution >= 4 is 5.97 Å². The first-order valence-corrected chi connectivity index (χ1v) is 7.37. The third kappa shape index (κ3) is 3.11. The zero-order valence-electron chi connectivity index (χ0n) is 12.5. The van der Waals surface area contributed by atoms with Crippen molar-refractivity contribution in [3.05, 3.63) is 0 Å². The van der Waals surface area contributed by atoms with Gasteiger partial charge in [-0.05, 0) is 24.2 Å². The number of nitrogens with one attached hydrogen (secondary N) is 1.